The number of ether oxygens (including phenoxy) is 1. The van der Waals surface area contributed by atoms with Gasteiger partial charge < -0.3 is 20.7 Å². The number of nitrogens with two attached hydrogens (primary N) is 1. The molecular formula is C23H26ClN7O2S. The molecule has 0 spiro atoms. The van der Waals surface area contributed by atoms with Crippen molar-refractivity contribution in [1.82, 2.24) is 25.3 Å². The molecule has 3 aliphatic rings. The van der Waals surface area contributed by atoms with Crippen LogP contribution in [0.15, 0.2) is 40.5 Å². The van der Waals surface area contributed by atoms with Crippen LogP contribution in [0.5, 0.6) is 0 Å². The number of piperidine rings is 2. The van der Waals surface area contributed by atoms with Gasteiger partial charge in [-0.2, -0.15) is 0 Å². The van der Waals surface area contributed by atoms with Crippen molar-refractivity contribution in [2.45, 2.75) is 48.8 Å². The Bertz CT molecular complexity index is 1240. The highest BCUT2D eigenvalue weighted by Gasteiger charge is 2.48. The van der Waals surface area contributed by atoms with Gasteiger partial charge in [0, 0.05) is 30.2 Å². The van der Waals surface area contributed by atoms with E-state index >= 15 is 0 Å². The van der Waals surface area contributed by atoms with Crippen LogP contribution < -0.4 is 16.0 Å². The first-order valence-corrected chi connectivity index (χ1v) is 12.3. The summed E-state index contributed by atoms with van der Waals surface area (Å²) in [6, 6.07) is 5.76. The molecule has 0 aromatic carbocycles. The van der Waals surface area contributed by atoms with Gasteiger partial charge >= 0.3 is 6.09 Å². The van der Waals surface area contributed by atoms with Gasteiger partial charge in [-0.15, -0.1) is 0 Å². The van der Waals surface area contributed by atoms with Crippen LogP contribution in [-0.4, -0.2) is 50.8 Å². The summed E-state index contributed by atoms with van der Waals surface area (Å²) >= 11 is 7.65. The number of anilines is 2. The van der Waals surface area contributed by atoms with E-state index in [1.165, 1.54) is 11.8 Å². The SMILES string of the molecule is CC(C)(C)OC(=O)N[C@H]1[C@@H]2C[C@H]1CN(c1cnc3nc(Sc4ccnc(N)c4Cl)ccc3n1)C2. The van der Waals surface area contributed by atoms with Crippen LogP contribution in [-0.2, 0) is 4.74 Å². The van der Waals surface area contributed by atoms with E-state index in [0.717, 1.165) is 40.8 Å². The fourth-order valence-electron chi connectivity index (χ4n) is 4.47. The lowest BCUT2D eigenvalue weighted by Gasteiger charge is -2.53. The fraction of sp³-hybridized carbons (Fsp3) is 0.435. The first-order chi connectivity index (χ1) is 16.2. The standard InChI is InChI=1S/C23H26ClN7O2S/c1-23(2,3)33-22(32)30-19-12-8-13(19)11-31(10-12)16-9-27-21-14(28-16)4-5-17(29-21)34-15-6-7-26-20(25)18(15)24/h4-7,9,12-13,19H,8,10-11H2,1-3H3,(H2,25,26)(H,30,32)/t12-,13+,19+. The van der Waals surface area contributed by atoms with Crippen molar-refractivity contribution >= 4 is 52.3 Å². The van der Waals surface area contributed by atoms with Crippen LogP contribution in [0.4, 0.5) is 16.4 Å². The summed E-state index contributed by atoms with van der Waals surface area (Å²) in [6.07, 6.45) is 4.14. The maximum Gasteiger partial charge on any atom is 0.407 e. The third-order valence-corrected chi connectivity index (χ3v) is 7.51. The summed E-state index contributed by atoms with van der Waals surface area (Å²) in [5.41, 5.74) is 6.59. The molecule has 0 radical (unpaired) electrons. The minimum absolute atomic E-state index is 0.148. The van der Waals surface area contributed by atoms with E-state index in [9.17, 15) is 4.79 Å². The predicted octanol–water partition coefficient (Wildman–Crippen LogP) is 4.16. The molecule has 3 aromatic rings. The molecule has 3 atom stereocenters. The number of nitrogen functional groups attached to an aromatic ring is 1. The number of carbonyl (C=O) groups is 1. The Morgan fingerprint density at radius 2 is 1.97 bits per heavy atom. The number of fused-ring (bicyclic) bond motifs is 3. The van der Waals surface area contributed by atoms with Crippen LogP contribution in [0.25, 0.3) is 11.2 Å². The largest absolute Gasteiger partial charge is 0.444 e. The molecule has 3 N–H and O–H groups in total. The van der Waals surface area contributed by atoms with Crippen LogP contribution in [0, 0.1) is 11.8 Å². The fourth-order valence-corrected chi connectivity index (χ4v) is 5.52. The Kier molecular flexibility index (Phi) is 5.89. The first-order valence-electron chi connectivity index (χ1n) is 11.1. The summed E-state index contributed by atoms with van der Waals surface area (Å²) < 4.78 is 5.42. The number of nitrogens with one attached hydrogen (secondary N) is 1. The number of halogens is 1. The quantitative estimate of drug-likeness (QED) is 0.545. The molecule has 2 aliphatic heterocycles. The van der Waals surface area contributed by atoms with Crippen LogP contribution in [0.1, 0.15) is 27.2 Å². The van der Waals surface area contributed by atoms with Gasteiger partial charge in [0.1, 0.15) is 27.8 Å². The Hall–Kier alpha value is -2.85. The molecule has 11 heteroatoms. The zero-order valence-corrected chi connectivity index (χ0v) is 20.7. The topological polar surface area (TPSA) is 119 Å². The molecule has 1 aliphatic carbocycles. The number of rotatable bonds is 4. The Balaban J connectivity index is 1.25. The molecule has 9 nitrogen and oxygen atoms in total. The van der Waals surface area contributed by atoms with Gasteiger partial charge in [0.15, 0.2) is 5.65 Å². The lowest BCUT2D eigenvalue weighted by Crippen LogP contribution is -2.65. The van der Waals surface area contributed by atoms with Crippen molar-refractivity contribution in [3.05, 3.63) is 35.6 Å². The summed E-state index contributed by atoms with van der Waals surface area (Å²) in [4.78, 5) is 33.1. The summed E-state index contributed by atoms with van der Waals surface area (Å²) in [6.45, 7) is 7.25. The molecule has 2 bridgehead atoms. The summed E-state index contributed by atoms with van der Waals surface area (Å²) in [5.74, 6) is 1.86. The second-order valence-electron chi connectivity index (χ2n) is 9.66. The minimum atomic E-state index is -0.500. The summed E-state index contributed by atoms with van der Waals surface area (Å²) in [7, 11) is 0. The second-order valence-corrected chi connectivity index (χ2v) is 11.1. The van der Waals surface area contributed by atoms with Gasteiger partial charge in [-0.1, -0.05) is 23.4 Å². The molecule has 1 saturated carbocycles. The van der Waals surface area contributed by atoms with Crippen molar-refractivity contribution in [1.29, 1.82) is 0 Å². The molecule has 5 heterocycles. The molecule has 0 unspecified atom stereocenters. The lowest BCUT2D eigenvalue weighted by molar-refractivity contribution is 0.0283. The Morgan fingerprint density at radius 1 is 1.21 bits per heavy atom. The molecule has 3 aromatic heterocycles. The highest BCUT2D eigenvalue weighted by atomic mass is 35.5. The Labute approximate surface area is 206 Å². The molecular weight excluding hydrogens is 474 g/mol. The summed E-state index contributed by atoms with van der Waals surface area (Å²) in [5, 5.41) is 4.22. The van der Waals surface area contributed by atoms with E-state index in [0.29, 0.717) is 28.3 Å². The maximum atomic E-state index is 12.2. The van der Waals surface area contributed by atoms with E-state index in [1.54, 1.807) is 18.5 Å². The van der Waals surface area contributed by atoms with E-state index in [4.69, 9.17) is 27.1 Å². The molecule has 6 rings (SSSR count). The lowest BCUT2D eigenvalue weighted by atomic mass is 9.66. The first kappa shape index (κ1) is 22.9. The average Bonchev–Trinajstić information content (AvgIpc) is 2.79. The molecule has 1 amide bonds. The van der Waals surface area contributed by atoms with Crippen LogP contribution >= 0.6 is 23.4 Å². The van der Waals surface area contributed by atoms with E-state index in [1.807, 2.05) is 32.9 Å². The predicted molar refractivity (Wildman–Crippen MR) is 132 cm³/mol. The van der Waals surface area contributed by atoms with E-state index in [-0.39, 0.29) is 12.1 Å². The van der Waals surface area contributed by atoms with Crippen molar-refractivity contribution < 1.29 is 9.53 Å². The van der Waals surface area contributed by atoms with Gasteiger partial charge in [-0.25, -0.2) is 24.7 Å². The normalized spacial score (nSPS) is 21.8. The monoisotopic (exact) mass is 499 g/mol. The third kappa shape index (κ3) is 4.69. The smallest absolute Gasteiger partial charge is 0.407 e. The van der Waals surface area contributed by atoms with Gasteiger partial charge in [-0.3, -0.25) is 0 Å². The molecule has 3 fully saturated rings. The van der Waals surface area contributed by atoms with Crippen molar-refractivity contribution in [2.24, 2.45) is 11.8 Å². The number of aromatic nitrogens is 4. The van der Waals surface area contributed by atoms with Gasteiger partial charge in [0.25, 0.3) is 0 Å². The Morgan fingerprint density at radius 3 is 2.71 bits per heavy atom. The van der Waals surface area contributed by atoms with E-state index < -0.39 is 5.60 Å². The molecule has 2 saturated heterocycles. The van der Waals surface area contributed by atoms with Gasteiger partial charge in [-0.05, 0) is 57.2 Å². The van der Waals surface area contributed by atoms with Crippen molar-refractivity contribution in [3.8, 4) is 0 Å². The highest BCUT2D eigenvalue weighted by molar-refractivity contribution is 7.99. The zero-order valence-electron chi connectivity index (χ0n) is 19.2. The number of hydrogen-bond acceptors (Lipinski definition) is 9. The van der Waals surface area contributed by atoms with Crippen LogP contribution in [0.2, 0.25) is 5.02 Å². The minimum Gasteiger partial charge on any atom is -0.444 e. The number of amides is 1. The average molecular weight is 500 g/mol. The molecule has 178 valence electrons. The van der Waals surface area contributed by atoms with Crippen LogP contribution in [0.3, 0.4) is 0 Å². The van der Waals surface area contributed by atoms with Crippen molar-refractivity contribution in [3.63, 3.8) is 0 Å². The third-order valence-electron chi connectivity index (χ3n) is 6.00. The molecule has 34 heavy (non-hydrogen) atoms. The zero-order chi connectivity index (χ0) is 24.0. The van der Waals surface area contributed by atoms with E-state index in [2.05, 4.69) is 25.2 Å². The number of carbonyl (C=O) groups excluding carboxylic acids is 1. The number of alkyl carbamates (subject to hydrolysis) is 1. The highest BCUT2D eigenvalue weighted by Crippen LogP contribution is 2.41. The number of pyridine rings is 2. The number of nitrogens with zero attached hydrogens (tertiary/aromatic N) is 5. The number of hydrogen-bond donors (Lipinski definition) is 2. The van der Waals surface area contributed by atoms with Crippen molar-refractivity contribution in [2.75, 3.05) is 23.7 Å². The van der Waals surface area contributed by atoms with Gasteiger partial charge in [0.05, 0.1) is 11.2 Å². The maximum absolute atomic E-state index is 12.2. The second kappa shape index (κ2) is 8.74. The van der Waals surface area contributed by atoms with Gasteiger partial charge in [0.2, 0.25) is 0 Å².